The molecule has 1 aliphatic rings. The van der Waals surface area contributed by atoms with Crippen LogP contribution in [0.2, 0.25) is 0 Å². The van der Waals surface area contributed by atoms with Crippen LogP contribution in [0.4, 0.5) is 0 Å². The largest absolute Gasteiger partial charge is 0.481 e. The van der Waals surface area contributed by atoms with Crippen molar-refractivity contribution in [2.24, 2.45) is 5.92 Å². The number of hydrogen-bond donors (Lipinski definition) is 2. The van der Waals surface area contributed by atoms with Crippen molar-refractivity contribution in [1.82, 2.24) is 0 Å². The fraction of sp³-hybridized carbons (Fsp3) is 0.833. The van der Waals surface area contributed by atoms with E-state index in [0.29, 0.717) is 5.25 Å². The molecule has 0 aromatic heterocycles. The van der Waals surface area contributed by atoms with Crippen molar-refractivity contribution >= 4 is 30.4 Å². The molecule has 10 heavy (non-hydrogen) atoms. The van der Waals surface area contributed by atoms with Crippen LogP contribution in [0, 0.1) is 5.92 Å². The van der Waals surface area contributed by atoms with Crippen LogP contribution in [0.15, 0.2) is 0 Å². The summed E-state index contributed by atoms with van der Waals surface area (Å²) in [6.45, 7) is 0. The minimum absolute atomic E-state index is 0.123. The van der Waals surface area contributed by atoms with Crippen molar-refractivity contribution < 1.29 is 9.90 Å². The summed E-state index contributed by atoms with van der Waals surface area (Å²) >= 11 is 5.83. The van der Waals surface area contributed by atoms with E-state index in [-0.39, 0.29) is 5.92 Å². The van der Waals surface area contributed by atoms with E-state index in [1.54, 1.807) is 11.8 Å². The number of hydrogen-bond acceptors (Lipinski definition) is 3. The average Bonchev–Trinajstić information content (AvgIpc) is 2.34. The van der Waals surface area contributed by atoms with Gasteiger partial charge in [-0.15, -0.1) is 0 Å². The van der Waals surface area contributed by atoms with E-state index in [1.165, 1.54) is 0 Å². The molecular weight excluding hydrogens is 168 g/mol. The van der Waals surface area contributed by atoms with Gasteiger partial charge in [-0.05, 0) is 6.42 Å². The van der Waals surface area contributed by atoms with Crippen LogP contribution in [-0.2, 0) is 4.79 Å². The van der Waals surface area contributed by atoms with Gasteiger partial charge in [-0.2, -0.15) is 24.4 Å². The molecular formula is C6H10O2S2. The average molecular weight is 178 g/mol. The van der Waals surface area contributed by atoms with Crippen molar-refractivity contribution in [3.05, 3.63) is 0 Å². The summed E-state index contributed by atoms with van der Waals surface area (Å²) in [6, 6.07) is 0. The van der Waals surface area contributed by atoms with Gasteiger partial charge in [0.2, 0.25) is 0 Å². The van der Waals surface area contributed by atoms with Gasteiger partial charge in [0.1, 0.15) is 0 Å². The number of rotatable bonds is 2. The minimum Gasteiger partial charge on any atom is -0.481 e. The van der Waals surface area contributed by atoms with Crippen LogP contribution in [-0.4, -0.2) is 27.8 Å². The zero-order valence-electron chi connectivity index (χ0n) is 5.49. The predicted molar refractivity (Wildman–Crippen MR) is 45.8 cm³/mol. The molecule has 1 heterocycles. The summed E-state index contributed by atoms with van der Waals surface area (Å²) in [7, 11) is 0. The molecule has 1 aliphatic heterocycles. The van der Waals surface area contributed by atoms with E-state index >= 15 is 0 Å². The van der Waals surface area contributed by atoms with E-state index < -0.39 is 5.97 Å². The molecule has 1 fully saturated rings. The predicted octanol–water partition coefficient (Wildman–Crippen LogP) is 1.12. The quantitative estimate of drug-likeness (QED) is 0.622. The highest BCUT2D eigenvalue weighted by Crippen LogP contribution is 2.31. The fourth-order valence-electron chi connectivity index (χ4n) is 1.01. The van der Waals surface area contributed by atoms with Gasteiger partial charge in [-0.3, -0.25) is 4.79 Å². The Balaban J connectivity index is 2.35. The highest BCUT2D eigenvalue weighted by molar-refractivity contribution is 8.00. The molecule has 1 saturated heterocycles. The molecule has 2 atom stereocenters. The Hall–Kier alpha value is 0.170. The molecule has 0 radical (unpaired) electrons. The molecule has 4 heteroatoms. The Labute approximate surface area is 69.8 Å². The number of carboxylic acid groups (broad SMARTS) is 1. The minimum atomic E-state index is -0.656. The highest BCUT2D eigenvalue weighted by Gasteiger charge is 2.29. The number of thioether (sulfide) groups is 1. The van der Waals surface area contributed by atoms with Crippen molar-refractivity contribution in [3.63, 3.8) is 0 Å². The lowest BCUT2D eigenvalue weighted by Gasteiger charge is -2.01. The van der Waals surface area contributed by atoms with Gasteiger partial charge in [0.15, 0.2) is 0 Å². The van der Waals surface area contributed by atoms with Crippen LogP contribution in [0.3, 0.4) is 0 Å². The van der Waals surface area contributed by atoms with Gasteiger partial charge >= 0.3 is 5.97 Å². The lowest BCUT2D eigenvalue weighted by atomic mass is 10.1. The molecule has 0 spiro atoms. The van der Waals surface area contributed by atoms with Gasteiger partial charge in [-0.1, -0.05) is 0 Å². The summed E-state index contributed by atoms with van der Waals surface area (Å²) in [5, 5.41) is 9.05. The summed E-state index contributed by atoms with van der Waals surface area (Å²) in [5.74, 6) is 0.786. The molecule has 0 aromatic rings. The van der Waals surface area contributed by atoms with Crippen LogP contribution in [0.5, 0.6) is 0 Å². The molecule has 0 amide bonds. The number of carbonyl (C=O) groups is 1. The number of thiol groups is 1. The van der Waals surface area contributed by atoms with Crippen molar-refractivity contribution in [3.8, 4) is 0 Å². The van der Waals surface area contributed by atoms with Crippen LogP contribution in [0.1, 0.15) is 6.42 Å². The second-order valence-corrected chi connectivity index (χ2v) is 4.11. The Morgan fingerprint density at radius 3 is 2.80 bits per heavy atom. The molecule has 58 valence electrons. The molecule has 2 nitrogen and oxygen atoms in total. The molecule has 0 saturated carbocycles. The Bertz CT molecular complexity index is 138. The van der Waals surface area contributed by atoms with Crippen LogP contribution in [0.25, 0.3) is 0 Å². The zero-order chi connectivity index (χ0) is 7.56. The van der Waals surface area contributed by atoms with E-state index in [0.717, 1.165) is 17.9 Å². The van der Waals surface area contributed by atoms with Crippen LogP contribution >= 0.6 is 24.4 Å². The summed E-state index contributed by atoms with van der Waals surface area (Å²) < 4.78 is 0. The molecule has 0 unspecified atom stereocenters. The molecule has 0 aromatic carbocycles. The smallest absolute Gasteiger partial charge is 0.307 e. The van der Waals surface area contributed by atoms with Crippen LogP contribution < -0.4 is 0 Å². The Morgan fingerprint density at radius 2 is 2.50 bits per heavy atom. The first kappa shape index (κ1) is 8.27. The third-order valence-electron chi connectivity index (χ3n) is 1.63. The first-order valence-electron chi connectivity index (χ1n) is 3.19. The molecule has 0 bridgehead atoms. The summed E-state index contributed by atoms with van der Waals surface area (Å²) in [4.78, 5) is 10.4. The highest BCUT2D eigenvalue weighted by atomic mass is 32.2. The maximum absolute atomic E-state index is 10.4. The van der Waals surface area contributed by atoms with E-state index in [4.69, 9.17) is 5.11 Å². The van der Waals surface area contributed by atoms with E-state index in [1.807, 2.05) is 0 Å². The van der Waals surface area contributed by atoms with Gasteiger partial charge in [0, 0.05) is 16.8 Å². The van der Waals surface area contributed by atoms with Crippen molar-refractivity contribution in [2.75, 3.05) is 11.5 Å². The summed E-state index contributed by atoms with van der Waals surface area (Å²) in [6.07, 6.45) is 0.795. The van der Waals surface area contributed by atoms with Gasteiger partial charge < -0.3 is 5.11 Å². The second kappa shape index (κ2) is 3.53. The zero-order valence-corrected chi connectivity index (χ0v) is 7.20. The van der Waals surface area contributed by atoms with Crippen molar-refractivity contribution in [2.45, 2.75) is 11.7 Å². The maximum atomic E-state index is 10.4. The molecule has 0 aliphatic carbocycles. The first-order valence-corrected chi connectivity index (χ1v) is 4.87. The number of carboxylic acids is 1. The Morgan fingerprint density at radius 1 is 1.80 bits per heavy atom. The molecule has 1 N–H and O–H groups in total. The topological polar surface area (TPSA) is 37.3 Å². The fourth-order valence-corrected chi connectivity index (χ4v) is 2.73. The SMILES string of the molecule is O=C(O)[C@H]1CS[C@H](CS)C1. The standard InChI is InChI=1S/C6H10O2S2/c7-6(8)4-1-5(2-9)10-3-4/h4-5,9H,1-3H2,(H,7,8)/t4-,5+/m1/s1. The van der Waals surface area contributed by atoms with E-state index in [2.05, 4.69) is 12.6 Å². The van der Waals surface area contributed by atoms with Crippen molar-refractivity contribution in [1.29, 1.82) is 0 Å². The third kappa shape index (κ3) is 1.83. The Kier molecular flexibility index (Phi) is 2.92. The monoisotopic (exact) mass is 178 g/mol. The second-order valence-electron chi connectivity index (χ2n) is 2.41. The maximum Gasteiger partial charge on any atom is 0.307 e. The normalized spacial score (nSPS) is 32.5. The number of aliphatic carboxylic acids is 1. The summed E-state index contributed by atoms with van der Waals surface area (Å²) in [5.41, 5.74) is 0. The van der Waals surface area contributed by atoms with Gasteiger partial charge in [-0.25, -0.2) is 0 Å². The lowest BCUT2D eigenvalue weighted by molar-refractivity contribution is -0.140. The van der Waals surface area contributed by atoms with E-state index in [9.17, 15) is 4.79 Å². The third-order valence-corrected chi connectivity index (χ3v) is 3.75. The lowest BCUT2D eigenvalue weighted by Crippen LogP contribution is -2.13. The van der Waals surface area contributed by atoms with Gasteiger partial charge in [0.25, 0.3) is 0 Å². The molecule has 1 rings (SSSR count). The first-order chi connectivity index (χ1) is 4.74. The van der Waals surface area contributed by atoms with Gasteiger partial charge in [0.05, 0.1) is 5.92 Å².